The van der Waals surface area contributed by atoms with Crippen molar-refractivity contribution in [1.29, 1.82) is 0 Å². The van der Waals surface area contributed by atoms with Gasteiger partial charge in [-0.3, -0.25) is 9.69 Å². The van der Waals surface area contributed by atoms with E-state index in [-0.39, 0.29) is 5.91 Å². The van der Waals surface area contributed by atoms with E-state index in [2.05, 4.69) is 0 Å². The first-order valence-corrected chi connectivity index (χ1v) is 7.43. The van der Waals surface area contributed by atoms with Gasteiger partial charge in [0.2, 0.25) is 5.91 Å². The maximum Gasteiger partial charge on any atom is 0.236 e. The Morgan fingerprint density at radius 2 is 2.10 bits per heavy atom. The molecule has 0 unspecified atom stereocenters. The van der Waals surface area contributed by atoms with Crippen molar-refractivity contribution in [2.75, 3.05) is 20.6 Å². The minimum atomic E-state index is 0.0616. The molecule has 6 heteroatoms. The highest BCUT2D eigenvalue weighted by atomic mass is 35.5. The van der Waals surface area contributed by atoms with Crippen LogP contribution in [-0.2, 0) is 17.9 Å². The third-order valence-corrected chi connectivity index (χ3v) is 4.07. The number of halogens is 1. The van der Waals surface area contributed by atoms with Gasteiger partial charge in [-0.05, 0) is 31.3 Å². The molecule has 2 aromatic rings. The van der Waals surface area contributed by atoms with Gasteiger partial charge in [0.1, 0.15) is 5.76 Å². The van der Waals surface area contributed by atoms with Gasteiger partial charge >= 0.3 is 0 Å². The summed E-state index contributed by atoms with van der Waals surface area (Å²) in [6.45, 7) is 1.58. The van der Waals surface area contributed by atoms with E-state index < -0.39 is 0 Å². The summed E-state index contributed by atoms with van der Waals surface area (Å²) < 4.78 is 6.01. The number of hydrogen-bond donors (Lipinski definition) is 0. The molecular weight excluding hydrogens is 296 g/mol. The summed E-state index contributed by atoms with van der Waals surface area (Å²) >= 11 is 7.43. The number of hydrogen-bond acceptors (Lipinski definition) is 4. The van der Waals surface area contributed by atoms with Gasteiger partial charge < -0.3 is 9.32 Å². The first-order chi connectivity index (χ1) is 9.54. The fraction of sp³-hybridized carbons (Fsp3) is 0.357. The highest BCUT2D eigenvalue weighted by Gasteiger charge is 2.13. The molecule has 0 saturated heterocycles. The van der Waals surface area contributed by atoms with E-state index in [1.54, 1.807) is 18.2 Å². The lowest BCUT2D eigenvalue weighted by Gasteiger charge is -2.20. The number of carbonyl (C=O) groups is 1. The van der Waals surface area contributed by atoms with Gasteiger partial charge in [0, 0.05) is 18.5 Å². The smallest absolute Gasteiger partial charge is 0.236 e. The second-order valence-electron chi connectivity index (χ2n) is 4.71. The van der Waals surface area contributed by atoms with Crippen LogP contribution >= 0.6 is 22.9 Å². The van der Waals surface area contributed by atoms with E-state index in [1.807, 2.05) is 36.2 Å². The first-order valence-electron chi connectivity index (χ1n) is 6.23. The van der Waals surface area contributed by atoms with Crippen LogP contribution in [0.15, 0.2) is 34.9 Å². The molecule has 0 aliphatic carbocycles. The Labute approximate surface area is 127 Å². The summed E-state index contributed by atoms with van der Waals surface area (Å²) in [6.07, 6.45) is 1.61. The Morgan fingerprint density at radius 1 is 1.30 bits per heavy atom. The molecule has 0 radical (unpaired) electrons. The minimum absolute atomic E-state index is 0.0616. The summed E-state index contributed by atoms with van der Waals surface area (Å²) in [5.74, 6) is 0.847. The number of carbonyl (C=O) groups excluding carboxylic acids is 1. The van der Waals surface area contributed by atoms with Crippen LogP contribution in [0.5, 0.6) is 0 Å². The summed E-state index contributed by atoms with van der Waals surface area (Å²) in [4.78, 5) is 16.9. The van der Waals surface area contributed by atoms with Gasteiger partial charge in [0.25, 0.3) is 0 Å². The minimum Gasteiger partial charge on any atom is -0.467 e. The average Bonchev–Trinajstić information content (AvgIpc) is 3.01. The molecule has 0 bridgehead atoms. The van der Waals surface area contributed by atoms with Crippen molar-refractivity contribution in [2.45, 2.75) is 13.1 Å². The Bertz CT molecular complexity index is 553. The lowest BCUT2D eigenvalue weighted by atomic mass is 10.3. The van der Waals surface area contributed by atoms with Crippen LogP contribution in [0.1, 0.15) is 10.6 Å². The molecule has 0 aliphatic heterocycles. The topological polar surface area (TPSA) is 36.7 Å². The number of furan rings is 1. The highest BCUT2D eigenvalue weighted by Crippen LogP contribution is 2.22. The number of amides is 1. The fourth-order valence-corrected chi connectivity index (χ4v) is 3.00. The van der Waals surface area contributed by atoms with Crippen LogP contribution in [0.2, 0.25) is 4.34 Å². The zero-order valence-electron chi connectivity index (χ0n) is 11.5. The second kappa shape index (κ2) is 6.92. The van der Waals surface area contributed by atoms with Crippen molar-refractivity contribution in [2.24, 2.45) is 0 Å². The van der Waals surface area contributed by atoms with E-state index in [1.165, 1.54) is 11.3 Å². The van der Waals surface area contributed by atoms with Crippen LogP contribution in [0, 0.1) is 0 Å². The van der Waals surface area contributed by atoms with Gasteiger partial charge in [0.15, 0.2) is 0 Å². The van der Waals surface area contributed by atoms with E-state index in [0.717, 1.165) is 21.5 Å². The van der Waals surface area contributed by atoms with E-state index in [4.69, 9.17) is 16.0 Å². The molecule has 2 rings (SSSR count). The average molecular weight is 313 g/mol. The lowest BCUT2D eigenvalue weighted by Crippen LogP contribution is -2.35. The van der Waals surface area contributed by atoms with Crippen LogP contribution in [0.4, 0.5) is 0 Å². The standard InChI is InChI=1S/C14H17ClN2O2S/c1-16(9-12-5-6-13(15)20-12)10-14(18)17(2)8-11-4-3-7-19-11/h3-7H,8-10H2,1-2H3. The number of rotatable bonds is 6. The molecule has 0 fully saturated rings. The van der Waals surface area contributed by atoms with E-state index in [0.29, 0.717) is 13.1 Å². The Morgan fingerprint density at radius 3 is 2.70 bits per heavy atom. The van der Waals surface area contributed by atoms with Gasteiger partial charge in [-0.2, -0.15) is 0 Å². The molecule has 108 valence electrons. The summed E-state index contributed by atoms with van der Waals surface area (Å²) in [5, 5.41) is 0. The van der Waals surface area contributed by atoms with Crippen LogP contribution in [-0.4, -0.2) is 36.3 Å². The largest absolute Gasteiger partial charge is 0.467 e. The lowest BCUT2D eigenvalue weighted by molar-refractivity contribution is -0.131. The molecule has 0 saturated carbocycles. The third kappa shape index (κ3) is 4.37. The number of likely N-dealkylation sites (N-methyl/N-ethyl adjacent to an activating group) is 2. The maximum atomic E-state index is 12.1. The predicted octanol–water partition coefficient (Wildman–Crippen LogP) is 3.08. The first kappa shape index (κ1) is 15.1. The molecule has 0 N–H and O–H groups in total. The molecule has 20 heavy (non-hydrogen) atoms. The molecule has 1 amide bonds. The predicted molar refractivity (Wildman–Crippen MR) is 80.8 cm³/mol. The van der Waals surface area contributed by atoms with Gasteiger partial charge in [-0.1, -0.05) is 11.6 Å². The zero-order chi connectivity index (χ0) is 14.5. The molecule has 4 nitrogen and oxygen atoms in total. The Kier molecular flexibility index (Phi) is 5.23. The SMILES string of the molecule is CN(CC(=O)N(C)Cc1ccco1)Cc1ccc(Cl)s1. The highest BCUT2D eigenvalue weighted by molar-refractivity contribution is 7.16. The van der Waals surface area contributed by atoms with Gasteiger partial charge in [-0.25, -0.2) is 0 Å². The molecule has 2 aromatic heterocycles. The summed E-state index contributed by atoms with van der Waals surface area (Å²) in [7, 11) is 3.70. The molecular formula is C14H17ClN2O2S. The normalized spacial score (nSPS) is 11.0. The summed E-state index contributed by atoms with van der Waals surface area (Å²) in [6, 6.07) is 7.54. The molecule has 0 aliphatic rings. The fourth-order valence-electron chi connectivity index (χ4n) is 1.83. The van der Waals surface area contributed by atoms with Crippen LogP contribution < -0.4 is 0 Å². The van der Waals surface area contributed by atoms with Crippen molar-refractivity contribution in [3.63, 3.8) is 0 Å². The quantitative estimate of drug-likeness (QED) is 0.822. The molecule has 0 aromatic carbocycles. The summed E-state index contributed by atoms with van der Waals surface area (Å²) in [5.41, 5.74) is 0. The Balaban J connectivity index is 1.81. The van der Waals surface area contributed by atoms with E-state index >= 15 is 0 Å². The van der Waals surface area contributed by atoms with Crippen molar-refractivity contribution in [3.8, 4) is 0 Å². The third-order valence-electron chi connectivity index (χ3n) is 2.86. The zero-order valence-corrected chi connectivity index (χ0v) is 13.1. The number of nitrogens with zero attached hydrogens (tertiary/aromatic N) is 2. The monoisotopic (exact) mass is 312 g/mol. The van der Waals surface area contributed by atoms with E-state index in [9.17, 15) is 4.79 Å². The Hall–Kier alpha value is -1.30. The molecule has 2 heterocycles. The molecule has 0 spiro atoms. The van der Waals surface area contributed by atoms with Gasteiger partial charge in [-0.15, -0.1) is 11.3 Å². The van der Waals surface area contributed by atoms with Crippen LogP contribution in [0.25, 0.3) is 0 Å². The van der Waals surface area contributed by atoms with Crippen LogP contribution in [0.3, 0.4) is 0 Å². The van der Waals surface area contributed by atoms with Gasteiger partial charge in [0.05, 0.1) is 23.7 Å². The second-order valence-corrected chi connectivity index (χ2v) is 6.51. The van der Waals surface area contributed by atoms with Crippen molar-refractivity contribution >= 4 is 28.8 Å². The van der Waals surface area contributed by atoms with Crippen molar-refractivity contribution in [1.82, 2.24) is 9.80 Å². The number of thiophene rings is 1. The maximum absolute atomic E-state index is 12.1. The van der Waals surface area contributed by atoms with Crippen molar-refractivity contribution < 1.29 is 9.21 Å². The van der Waals surface area contributed by atoms with Crippen molar-refractivity contribution in [3.05, 3.63) is 45.5 Å². The molecule has 0 atom stereocenters.